The molecule has 120 valence electrons. The molecule has 3 N–H and O–H groups in total. The first-order chi connectivity index (χ1) is 10.4. The molecular weight excluding hydrogens is 302 g/mol. The summed E-state index contributed by atoms with van der Waals surface area (Å²) in [5.74, 6) is 0.422. The summed E-state index contributed by atoms with van der Waals surface area (Å²) in [5.41, 5.74) is 0.826. The number of aromatic nitrogens is 2. The number of rotatable bonds is 6. The third-order valence-corrected chi connectivity index (χ3v) is 4.75. The largest absolute Gasteiger partial charge is 0.396 e. The van der Waals surface area contributed by atoms with Crippen molar-refractivity contribution in [3.05, 3.63) is 26.6 Å². The summed E-state index contributed by atoms with van der Waals surface area (Å²) in [5, 5.41) is 12.3. The van der Waals surface area contributed by atoms with E-state index in [9.17, 15) is 9.59 Å². The Balaban J connectivity index is 2.06. The number of hydrogen-bond acceptors (Lipinski definition) is 5. The van der Waals surface area contributed by atoms with E-state index < -0.39 is 0 Å². The molecule has 22 heavy (non-hydrogen) atoms. The lowest BCUT2D eigenvalue weighted by Gasteiger charge is -2.11. The summed E-state index contributed by atoms with van der Waals surface area (Å²) >= 11 is 1.50. The van der Waals surface area contributed by atoms with Gasteiger partial charge in [-0.25, -0.2) is 4.98 Å². The molecule has 2 aromatic heterocycles. The standard InChI is InChI=1S/C15H21N3O3S/c1-8(6-7-19)16-12(20)5-4-11-17-14(21)13-9(2)10(3)22-15(13)18-11/h8,19H,4-7H2,1-3H3,(H,16,20)(H,17,18,21). The smallest absolute Gasteiger partial charge is 0.259 e. The summed E-state index contributed by atoms with van der Waals surface area (Å²) < 4.78 is 0. The first-order valence-electron chi connectivity index (χ1n) is 7.31. The second-order valence-corrected chi connectivity index (χ2v) is 6.66. The fourth-order valence-corrected chi connectivity index (χ4v) is 3.31. The summed E-state index contributed by atoms with van der Waals surface area (Å²) in [6.07, 6.45) is 1.17. The van der Waals surface area contributed by atoms with Gasteiger partial charge in [0, 0.05) is 30.4 Å². The molecular formula is C15H21N3O3S. The Morgan fingerprint density at radius 2 is 2.18 bits per heavy atom. The van der Waals surface area contributed by atoms with Crippen molar-refractivity contribution in [1.29, 1.82) is 0 Å². The van der Waals surface area contributed by atoms with Crippen LogP contribution in [0.25, 0.3) is 10.2 Å². The number of fused-ring (bicyclic) bond motifs is 1. The second-order valence-electron chi connectivity index (χ2n) is 5.46. The van der Waals surface area contributed by atoms with Crippen LogP contribution in [-0.2, 0) is 11.2 Å². The minimum absolute atomic E-state index is 0.0457. The van der Waals surface area contributed by atoms with E-state index >= 15 is 0 Å². The summed E-state index contributed by atoms with van der Waals surface area (Å²) in [6, 6.07) is -0.0606. The predicted octanol–water partition coefficient (Wildman–Crippen LogP) is 1.42. The van der Waals surface area contributed by atoms with Gasteiger partial charge in [0.25, 0.3) is 5.56 Å². The SMILES string of the molecule is Cc1sc2nc(CCC(=O)NC(C)CCO)[nH]c(=O)c2c1C. The monoisotopic (exact) mass is 323 g/mol. The molecule has 0 aliphatic heterocycles. The van der Waals surface area contributed by atoms with Gasteiger partial charge in [0.2, 0.25) is 5.91 Å². The van der Waals surface area contributed by atoms with Crippen LogP contribution < -0.4 is 10.9 Å². The zero-order valence-corrected chi connectivity index (χ0v) is 13.8. The zero-order chi connectivity index (χ0) is 16.3. The average Bonchev–Trinajstić information content (AvgIpc) is 2.72. The van der Waals surface area contributed by atoms with Gasteiger partial charge in [-0.2, -0.15) is 0 Å². The van der Waals surface area contributed by atoms with Crippen molar-refractivity contribution < 1.29 is 9.90 Å². The number of nitrogens with zero attached hydrogens (tertiary/aromatic N) is 1. The van der Waals surface area contributed by atoms with Crippen LogP contribution in [0.2, 0.25) is 0 Å². The van der Waals surface area contributed by atoms with E-state index in [0.29, 0.717) is 24.1 Å². The Labute approximate surface area is 132 Å². The molecule has 2 heterocycles. The number of carbonyl (C=O) groups is 1. The second kappa shape index (κ2) is 7.02. The third kappa shape index (κ3) is 3.72. The van der Waals surface area contributed by atoms with Crippen molar-refractivity contribution in [3.63, 3.8) is 0 Å². The van der Waals surface area contributed by atoms with Crippen molar-refractivity contribution in [2.45, 2.75) is 46.1 Å². The molecule has 0 saturated carbocycles. The predicted molar refractivity (Wildman–Crippen MR) is 87.3 cm³/mol. The van der Waals surface area contributed by atoms with Crippen molar-refractivity contribution >= 4 is 27.5 Å². The minimum atomic E-state index is -0.143. The first kappa shape index (κ1) is 16.6. The van der Waals surface area contributed by atoms with E-state index in [1.54, 1.807) is 0 Å². The van der Waals surface area contributed by atoms with E-state index in [0.717, 1.165) is 15.3 Å². The van der Waals surface area contributed by atoms with E-state index in [1.807, 2.05) is 20.8 Å². The Morgan fingerprint density at radius 3 is 2.86 bits per heavy atom. The van der Waals surface area contributed by atoms with Gasteiger partial charge >= 0.3 is 0 Å². The van der Waals surface area contributed by atoms with Crippen LogP contribution in [0.15, 0.2) is 4.79 Å². The van der Waals surface area contributed by atoms with Crippen molar-refractivity contribution in [2.75, 3.05) is 6.61 Å². The van der Waals surface area contributed by atoms with Gasteiger partial charge in [-0.15, -0.1) is 11.3 Å². The number of aryl methyl sites for hydroxylation is 3. The molecule has 0 aromatic carbocycles. The summed E-state index contributed by atoms with van der Waals surface area (Å²) in [6.45, 7) is 5.78. The quantitative estimate of drug-likeness (QED) is 0.749. The van der Waals surface area contributed by atoms with E-state index in [2.05, 4.69) is 15.3 Å². The molecule has 1 atom stereocenters. The topological polar surface area (TPSA) is 95.1 Å². The number of thiophene rings is 1. The lowest BCUT2D eigenvalue weighted by molar-refractivity contribution is -0.121. The molecule has 2 rings (SSSR count). The highest BCUT2D eigenvalue weighted by Crippen LogP contribution is 2.25. The van der Waals surface area contributed by atoms with E-state index in [1.165, 1.54) is 11.3 Å². The number of aliphatic hydroxyl groups is 1. The van der Waals surface area contributed by atoms with Crippen LogP contribution in [0, 0.1) is 13.8 Å². The van der Waals surface area contributed by atoms with Crippen molar-refractivity contribution in [1.82, 2.24) is 15.3 Å². The fraction of sp³-hybridized carbons (Fsp3) is 0.533. The Hall–Kier alpha value is -1.73. The van der Waals surface area contributed by atoms with Crippen LogP contribution >= 0.6 is 11.3 Å². The first-order valence-corrected chi connectivity index (χ1v) is 8.13. The van der Waals surface area contributed by atoms with Crippen LogP contribution in [0.3, 0.4) is 0 Å². The van der Waals surface area contributed by atoms with Crippen LogP contribution in [0.4, 0.5) is 0 Å². The number of nitrogens with one attached hydrogen (secondary N) is 2. The normalized spacial score (nSPS) is 12.5. The number of aliphatic hydroxyl groups excluding tert-OH is 1. The lowest BCUT2D eigenvalue weighted by atomic mass is 10.2. The molecule has 2 aromatic rings. The Kier molecular flexibility index (Phi) is 5.31. The van der Waals surface area contributed by atoms with Gasteiger partial charge < -0.3 is 15.4 Å². The molecule has 6 nitrogen and oxygen atoms in total. The van der Waals surface area contributed by atoms with Gasteiger partial charge in [-0.05, 0) is 32.8 Å². The third-order valence-electron chi connectivity index (χ3n) is 3.65. The van der Waals surface area contributed by atoms with Crippen molar-refractivity contribution in [3.8, 4) is 0 Å². The lowest BCUT2D eigenvalue weighted by Crippen LogP contribution is -2.33. The molecule has 0 aliphatic rings. The van der Waals surface area contributed by atoms with Gasteiger partial charge in [0.05, 0.1) is 5.39 Å². The molecule has 0 fully saturated rings. The minimum Gasteiger partial charge on any atom is -0.396 e. The van der Waals surface area contributed by atoms with Crippen LogP contribution in [0.5, 0.6) is 0 Å². The highest BCUT2D eigenvalue weighted by atomic mass is 32.1. The Bertz CT molecular complexity index is 735. The fourth-order valence-electron chi connectivity index (χ4n) is 2.26. The van der Waals surface area contributed by atoms with E-state index in [4.69, 9.17) is 5.11 Å². The van der Waals surface area contributed by atoms with E-state index in [-0.39, 0.29) is 30.5 Å². The molecule has 1 unspecified atom stereocenters. The number of carbonyl (C=O) groups excluding carboxylic acids is 1. The molecule has 0 spiro atoms. The number of hydrogen-bond donors (Lipinski definition) is 3. The van der Waals surface area contributed by atoms with Crippen LogP contribution in [-0.4, -0.2) is 33.6 Å². The number of aromatic amines is 1. The highest BCUT2D eigenvalue weighted by molar-refractivity contribution is 7.18. The molecule has 0 bridgehead atoms. The zero-order valence-electron chi connectivity index (χ0n) is 13.0. The van der Waals surface area contributed by atoms with Gasteiger partial charge in [0.1, 0.15) is 10.7 Å². The highest BCUT2D eigenvalue weighted by Gasteiger charge is 2.13. The van der Waals surface area contributed by atoms with Crippen molar-refractivity contribution in [2.24, 2.45) is 0 Å². The summed E-state index contributed by atoms with van der Waals surface area (Å²) in [4.78, 5) is 32.9. The molecule has 0 radical (unpaired) electrons. The molecule has 1 amide bonds. The number of amides is 1. The van der Waals surface area contributed by atoms with Gasteiger partial charge in [-0.1, -0.05) is 0 Å². The van der Waals surface area contributed by atoms with Crippen LogP contribution in [0.1, 0.15) is 36.0 Å². The average molecular weight is 323 g/mol. The Morgan fingerprint density at radius 1 is 1.45 bits per heavy atom. The summed E-state index contributed by atoms with van der Waals surface area (Å²) in [7, 11) is 0. The molecule has 0 saturated heterocycles. The number of H-pyrrole nitrogens is 1. The van der Waals surface area contributed by atoms with Gasteiger partial charge in [-0.3, -0.25) is 9.59 Å². The maximum absolute atomic E-state index is 12.1. The maximum atomic E-state index is 12.1. The maximum Gasteiger partial charge on any atom is 0.259 e. The molecule has 7 heteroatoms. The molecule has 0 aliphatic carbocycles. The van der Waals surface area contributed by atoms with Gasteiger partial charge in [0.15, 0.2) is 0 Å².